The van der Waals surface area contributed by atoms with Gasteiger partial charge in [-0.1, -0.05) is 0 Å². The van der Waals surface area contributed by atoms with Crippen LogP contribution >= 0.6 is 0 Å². The summed E-state index contributed by atoms with van der Waals surface area (Å²) in [4.78, 5) is 0. The van der Waals surface area contributed by atoms with E-state index in [-0.39, 0.29) is 13.0 Å². The Hall–Kier alpha value is -0.590. The van der Waals surface area contributed by atoms with Gasteiger partial charge in [0.1, 0.15) is 0 Å². The number of aliphatic hydroxyl groups excluding tert-OH is 1. The van der Waals surface area contributed by atoms with Gasteiger partial charge in [-0.05, 0) is 0 Å². The number of hydrogen-bond acceptors (Lipinski definition) is 3. The number of nitrogens with zero attached hydrogens (tertiary/aromatic N) is 1. The fourth-order valence-electron chi connectivity index (χ4n) is 0.357. The Morgan fingerprint density at radius 1 is 1.88 bits per heavy atom. The first-order chi connectivity index (χ1) is 3.81. The average molecular weight is 115 g/mol. The molecule has 0 aliphatic rings. The van der Waals surface area contributed by atoms with Crippen LogP contribution in [0.1, 0.15) is 6.42 Å². The van der Waals surface area contributed by atoms with E-state index in [4.69, 9.17) is 10.4 Å². The molecule has 8 heavy (non-hydrogen) atoms. The van der Waals surface area contributed by atoms with Crippen LogP contribution in [0.5, 0.6) is 0 Å². The van der Waals surface area contributed by atoms with E-state index < -0.39 is 6.10 Å². The van der Waals surface area contributed by atoms with E-state index in [0.717, 1.165) is 0 Å². The highest BCUT2D eigenvalue weighted by molar-refractivity contribution is 4.74. The summed E-state index contributed by atoms with van der Waals surface area (Å²) < 4.78 is 4.56. The highest BCUT2D eigenvalue weighted by Gasteiger charge is 1.99. The molecule has 0 aliphatic carbocycles. The number of methoxy groups -OCH3 is 1. The predicted octanol–water partition coefficient (Wildman–Crippen LogP) is -0.0926. The van der Waals surface area contributed by atoms with Gasteiger partial charge >= 0.3 is 0 Å². The van der Waals surface area contributed by atoms with Crippen LogP contribution in [0.2, 0.25) is 0 Å². The van der Waals surface area contributed by atoms with Crippen LogP contribution in [-0.2, 0) is 4.74 Å². The van der Waals surface area contributed by atoms with Crippen molar-refractivity contribution in [3.8, 4) is 6.07 Å². The summed E-state index contributed by atoms with van der Waals surface area (Å²) in [5.74, 6) is 0. The van der Waals surface area contributed by atoms with Gasteiger partial charge in [-0.25, -0.2) is 0 Å². The average Bonchev–Trinajstić information content (AvgIpc) is 1.68. The van der Waals surface area contributed by atoms with E-state index in [0.29, 0.717) is 0 Å². The van der Waals surface area contributed by atoms with Crippen LogP contribution in [0, 0.1) is 11.3 Å². The molecule has 0 heterocycles. The fourth-order valence-corrected chi connectivity index (χ4v) is 0.357. The van der Waals surface area contributed by atoms with Crippen LogP contribution in [0.4, 0.5) is 0 Å². The van der Waals surface area contributed by atoms with Gasteiger partial charge in [0, 0.05) is 7.11 Å². The van der Waals surface area contributed by atoms with Crippen LogP contribution < -0.4 is 0 Å². The van der Waals surface area contributed by atoms with Crippen molar-refractivity contribution < 1.29 is 9.84 Å². The standard InChI is InChI=1S/C5H9NO2/c1-8-4-5(7)2-3-6/h5,7H,2,4H2,1H3. The Bertz CT molecular complexity index is 86.9. The Balaban J connectivity index is 3.08. The van der Waals surface area contributed by atoms with E-state index in [1.54, 1.807) is 0 Å². The number of nitriles is 1. The number of rotatable bonds is 3. The summed E-state index contributed by atoms with van der Waals surface area (Å²) in [6, 6.07) is 1.82. The first-order valence-corrected chi connectivity index (χ1v) is 2.35. The first kappa shape index (κ1) is 7.41. The summed E-state index contributed by atoms with van der Waals surface area (Å²) in [5, 5.41) is 16.7. The minimum atomic E-state index is -0.620. The Morgan fingerprint density at radius 2 is 2.50 bits per heavy atom. The van der Waals surface area contributed by atoms with E-state index in [9.17, 15) is 0 Å². The largest absolute Gasteiger partial charge is 0.390 e. The zero-order valence-electron chi connectivity index (χ0n) is 4.79. The van der Waals surface area contributed by atoms with E-state index >= 15 is 0 Å². The van der Waals surface area contributed by atoms with E-state index in [1.807, 2.05) is 6.07 Å². The van der Waals surface area contributed by atoms with Gasteiger partial charge in [-0.15, -0.1) is 0 Å². The van der Waals surface area contributed by atoms with Gasteiger partial charge in [0.15, 0.2) is 0 Å². The van der Waals surface area contributed by atoms with Gasteiger partial charge < -0.3 is 9.84 Å². The lowest BCUT2D eigenvalue weighted by atomic mass is 10.3. The third-order valence-electron chi connectivity index (χ3n) is 0.686. The summed E-state index contributed by atoms with van der Waals surface area (Å²) in [7, 11) is 1.49. The molecule has 0 radical (unpaired) electrons. The summed E-state index contributed by atoms with van der Waals surface area (Å²) in [6.07, 6.45) is -0.474. The molecule has 0 fully saturated rings. The molecule has 0 aromatic rings. The second-order valence-electron chi connectivity index (χ2n) is 1.47. The van der Waals surface area contributed by atoms with Gasteiger partial charge in [0.25, 0.3) is 0 Å². The molecule has 1 unspecified atom stereocenters. The third-order valence-corrected chi connectivity index (χ3v) is 0.686. The van der Waals surface area contributed by atoms with Crippen molar-refractivity contribution in [3.63, 3.8) is 0 Å². The summed E-state index contributed by atoms with van der Waals surface area (Å²) >= 11 is 0. The molecule has 3 heteroatoms. The minimum absolute atomic E-state index is 0.147. The maximum Gasteiger partial charge on any atom is 0.0903 e. The first-order valence-electron chi connectivity index (χ1n) is 2.35. The van der Waals surface area contributed by atoms with Crippen molar-refractivity contribution in [2.24, 2.45) is 0 Å². The van der Waals surface area contributed by atoms with Crippen molar-refractivity contribution in [2.45, 2.75) is 12.5 Å². The smallest absolute Gasteiger partial charge is 0.0903 e. The fraction of sp³-hybridized carbons (Fsp3) is 0.800. The van der Waals surface area contributed by atoms with Crippen LogP contribution in [0.15, 0.2) is 0 Å². The number of hydrogen-bond donors (Lipinski definition) is 1. The second kappa shape index (κ2) is 4.57. The molecule has 0 bridgehead atoms. The van der Waals surface area contributed by atoms with Crippen LogP contribution in [0.3, 0.4) is 0 Å². The molecule has 0 aliphatic heterocycles. The monoisotopic (exact) mass is 115 g/mol. The predicted molar refractivity (Wildman–Crippen MR) is 28.1 cm³/mol. The maximum atomic E-state index is 8.70. The zero-order valence-corrected chi connectivity index (χ0v) is 4.79. The third kappa shape index (κ3) is 3.59. The minimum Gasteiger partial charge on any atom is -0.390 e. The Labute approximate surface area is 48.5 Å². The lowest BCUT2D eigenvalue weighted by Gasteiger charge is -2.01. The molecule has 0 spiro atoms. The molecule has 46 valence electrons. The van der Waals surface area contributed by atoms with Crippen molar-refractivity contribution in [1.82, 2.24) is 0 Å². The van der Waals surface area contributed by atoms with Gasteiger partial charge in [0.05, 0.1) is 25.2 Å². The van der Waals surface area contributed by atoms with Gasteiger partial charge in [-0.3, -0.25) is 0 Å². The summed E-state index contributed by atoms with van der Waals surface area (Å²) in [6.45, 7) is 0.244. The Kier molecular flexibility index (Phi) is 4.23. The number of aliphatic hydroxyl groups is 1. The van der Waals surface area contributed by atoms with Crippen LogP contribution in [0.25, 0.3) is 0 Å². The van der Waals surface area contributed by atoms with Crippen molar-refractivity contribution in [2.75, 3.05) is 13.7 Å². The molecule has 0 rings (SSSR count). The normalized spacial score (nSPS) is 12.6. The van der Waals surface area contributed by atoms with Gasteiger partial charge in [-0.2, -0.15) is 5.26 Å². The van der Waals surface area contributed by atoms with E-state index in [2.05, 4.69) is 4.74 Å². The highest BCUT2D eigenvalue weighted by atomic mass is 16.5. The lowest BCUT2D eigenvalue weighted by molar-refractivity contribution is 0.0677. The molecule has 0 amide bonds. The highest BCUT2D eigenvalue weighted by Crippen LogP contribution is 1.87. The summed E-state index contributed by atoms with van der Waals surface area (Å²) in [5.41, 5.74) is 0. The van der Waals surface area contributed by atoms with Gasteiger partial charge in [0.2, 0.25) is 0 Å². The molecule has 1 N–H and O–H groups in total. The maximum absolute atomic E-state index is 8.70. The quantitative estimate of drug-likeness (QED) is 0.559. The molecule has 3 nitrogen and oxygen atoms in total. The Morgan fingerprint density at radius 3 is 2.88 bits per heavy atom. The molecule has 0 aromatic heterocycles. The van der Waals surface area contributed by atoms with Crippen molar-refractivity contribution >= 4 is 0 Å². The molecule has 0 saturated carbocycles. The van der Waals surface area contributed by atoms with Crippen molar-refractivity contribution in [3.05, 3.63) is 0 Å². The second-order valence-corrected chi connectivity index (χ2v) is 1.47. The molecule has 0 aromatic carbocycles. The lowest BCUT2D eigenvalue weighted by Crippen LogP contribution is -2.12. The van der Waals surface area contributed by atoms with Crippen LogP contribution in [-0.4, -0.2) is 24.9 Å². The van der Waals surface area contributed by atoms with Crippen molar-refractivity contribution in [1.29, 1.82) is 5.26 Å². The molecule has 1 atom stereocenters. The van der Waals surface area contributed by atoms with E-state index in [1.165, 1.54) is 7.11 Å². The number of ether oxygens (including phenoxy) is 1. The topological polar surface area (TPSA) is 53.2 Å². The molecule has 0 saturated heterocycles. The molecular weight excluding hydrogens is 106 g/mol. The zero-order chi connectivity index (χ0) is 6.41. The molecular formula is C5H9NO2. The SMILES string of the molecule is COCC(O)CC#N.